The zero-order valence-electron chi connectivity index (χ0n) is 19.3. The number of aliphatic hydroxyl groups excluding tert-OH is 2. The van der Waals surface area contributed by atoms with Gasteiger partial charge in [0.2, 0.25) is 0 Å². The van der Waals surface area contributed by atoms with E-state index in [0.29, 0.717) is 0 Å². The summed E-state index contributed by atoms with van der Waals surface area (Å²) in [6, 6.07) is 0. The molecule has 0 aromatic carbocycles. The van der Waals surface area contributed by atoms with Crippen molar-refractivity contribution < 1.29 is 27.9 Å². The van der Waals surface area contributed by atoms with Gasteiger partial charge in [0.1, 0.15) is 0 Å². The first kappa shape index (κ1) is 34.7. The summed E-state index contributed by atoms with van der Waals surface area (Å²) in [4.78, 5) is 0. The first-order valence-corrected chi connectivity index (χ1v) is 11.7. The number of hydrogen-bond donors (Lipinski definition) is 3. The lowest BCUT2D eigenvalue weighted by Crippen LogP contribution is -3.00. The van der Waals surface area contributed by atoms with Gasteiger partial charge in [-0.2, -0.15) is 0 Å². The number of aliphatic hydroxyl groups is 2. The molecule has 0 heterocycles. The predicted octanol–water partition coefficient (Wildman–Crippen LogP) is 2.44. The maximum atomic E-state index is 7.57. The molecule has 27 heavy (non-hydrogen) atoms. The van der Waals surface area contributed by atoms with Crippen LogP contribution in [0.15, 0.2) is 0 Å². The molecule has 0 atom stereocenters. The number of hydrogen-bond acceptors (Lipinski definition) is 2. The average molecular weight is 412 g/mol. The van der Waals surface area contributed by atoms with Gasteiger partial charge in [0, 0.05) is 13.2 Å². The third-order valence-corrected chi connectivity index (χ3v) is 4.35. The van der Waals surface area contributed by atoms with Crippen LogP contribution < -0.4 is 17.7 Å². The van der Waals surface area contributed by atoms with Crippen LogP contribution in [0.25, 0.3) is 0 Å². The minimum atomic E-state index is 0. The van der Waals surface area contributed by atoms with Gasteiger partial charge in [-0.05, 0) is 26.7 Å². The summed E-state index contributed by atoms with van der Waals surface area (Å²) < 4.78 is 0. The van der Waals surface area contributed by atoms with Crippen LogP contribution in [0.2, 0.25) is 0 Å². The van der Waals surface area contributed by atoms with Crippen LogP contribution in [0.5, 0.6) is 0 Å². The van der Waals surface area contributed by atoms with Crippen molar-refractivity contribution in [2.75, 3.05) is 26.8 Å². The molecular formula is C23H54ClNO2. The van der Waals surface area contributed by atoms with Crippen molar-refractivity contribution in [1.82, 2.24) is 0 Å². The summed E-state index contributed by atoms with van der Waals surface area (Å²) >= 11 is 0. The zero-order chi connectivity index (χ0) is 20.1. The van der Waals surface area contributed by atoms with Crippen LogP contribution in [0, 0.1) is 0 Å². The van der Waals surface area contributed by atoms with Gasteiger partial charge in [0.15, 0.2) is 0 Å². The highest BCUT2D eigenvalue weighted by Gasteiger charge is 1.94. The largest absolute Gasteiger partial charge is 1.00 e. The minimum absolute atomic E-state index is 0. The van der Waals surface area contributed by atoms with Crippen LogP contribution in [0.1, 0.15) is 124 Å². The molecule has 0 aromatic heterocycles. The van der Waals surface area contributed by atoms with Crippen LogP contribution in [-0.4, -0.2) is 37.0 Å². The molecule has 0 saturated heterocycles. The molecule has 0 unspecified atom stereocenters. The van der Waals surface area contributed by atoms with Crippen molar-refractivity contribution in [2.24, 2.45) is 0 Å². The third-order valence-electron chi connectivity index (χ3n) is 4.35. The number of rotatable bonds is 17. The second kappa shape index (κ2) is 40.8. The van der Waals surface area contributed by atoms with Gasteiger partial charge >= 0.3 is 0 Å². The van der Waals surface area contributed by atoms with E-state index in [4.69, 9.17) is 10.2 Å². The Morgan fingerprint density at radius 2 is 0.704 bits per heavy atom. The van der Waals surface area contributed by atoms with Gasteiger partial charge < -0.3 is 27.9 Å². The predicted molar refractivity (Wildman–Crippen MR) is 118 cm³/mol. The van der Waals surface area contributed by atoms with Gasteiger partial charge in [-0.15, -0.1) is 0 Å². The van der Waals surface area contributed by atoms with Gasteiger partial charge in [-0.25, -0.2) is 0 Å². The second-order valence-corrected chi connectivity index (χ2v) is 7.13. The molecule has 0 radical (unpaired) electrons. The lowest BCUT2D eigenvalue weighted by atomic mass is 10.0. The lowest BCUT2D eigenvalue weighted by molar-refractivity contribution is -0.627. The fraction of sp³-hybridized carbons (Fsp3) is 1.00. The zero-order valence-corrected chi connectivity index (χ0v) is 20.0. The van der Waals surface area contributed by atoms with Gasteiger partial charge in [-0.1, -0.05) is 96.8 Å². The fourth-order valence-electron chi connectivity index (χ4n) is 2.90. The second-order valence-electron chi connectivity index (χ2n) is 7.13. The summed E-state index contributed by atoms with van der Waals surface area (Å²) in [6.07, 6.45) is 23.4. The molecule has 0 amide bonds. The number of halogens is 1. The quantitative estimate of drug-likeness (QED) is 0.322. The van der Waals surface area contributed by atoms with Crippen molar-refractivity contribution in [2.45, 2.75) is 124 Å². The number of unbranched alkanes of at least 4 members (excludes halogenated alkanes) is 15. The fourth-order valence-corrected chi connectivity index (χ4v) is 2.90. The molecule has 0 bridgehead atoms. The molecule has 0 rings (SSSR count). The molecule has 0 fully saturated rings. The van der Waals surface area contributed by atoms with E-state index in [1.807, 2.05) is 0 Å². The number of nitrogens with two attached hydrogens (primary N) is 1. The Labute approximate surface area is 178 Å². The Morgan fingerprint density at radius 1 is 0.481 bits per heavy atom. The lowest BCUT2D eigenvalue weighted by Gasteiger charge is -2.03. The van der Waals surface area contributed by atoms with Crippen LogP contribution in [0.3, 0.4) is 0 Å². The topological polar surface area (TPSA) is 57.1 Å². The third kappa shape index (κ3) is 51.9. The van der Waals surface area contributed by atoms with E-state index in [2.05, 4.69) is 19.3 Å². The van der Waals surface area contributed by atoms with Crippen molar-refractivity contribution >= 4 is 0 Å². The van der Waals surface area contributed by atoms with Crippen LogP contribution >= 0.6 is 0 Å². The van der Waals surface area contributed by atoms with E-state index in [1.165, 1.54) is 109 Å². The minimum Gasteiger partial charge on any atom is -1.00 e. The molecule has 0 spiro atoms. The van der Waals surface area contributed by atoms with E-state index >= 15 is 0 Å². The average Bonchev–Trinajstić information content (AvgIpc) is 2.63. The summed E-state index contributed by atoms with van der Waals surface area (Å²) in [6.45, 7) is 7.47. The molecule has 170 valence electrons. The Balaban J connectivity index is -0.000000331. The highest BCUT2D eigenvalue weighted by atomic mass is 35.5. The van der Waals surface area contributed by atoms with E-state index in [-0.39, 0.29) is 25.6 Å². The van der Waals surface area contributed by atoms with Gasteiger partial charge in [0.05, 0.1) is 13.6 Å². The molecule has 4 N–H and O–H groups in total. The highest BCUT2D eigenvalue weighted by molar-refractivity contribution is 4.49. The van der Waals surface area contributed by atoms with Gasteiger partial charge in [0.25, 0.3) is 0 Å². The Kier molecular flexibility index (Phi) is 52.3. The monoisotopic (exact) mass is 411 g/mol. The summed E-state index contributed by atoms with van der Waals surface area (Å²) in [5.74, 6) is 0. The van der Waals surface area contributed by atoms with Crippen molar-refractivity contribution in [3.05, 3.63) is 0 Å². The van der Waals surface area contributed by atoms with E-state index < -0.39 is 0 Å². The molecule has 0 aliphatic heterocycles. The number of quaternary nitrogens is 1. The van der Waals surface area contributed by atoms with Crippen molar-refractivity contribution in [1.29, 1.82) is 0 Å². The van der Waals surface area contributed by atoms with Crippen LogP contribution in [-0.2, 0) is 0 Å². The maximum Gasteiger partial charge on any atom is 0.0753 e. The highest BCUT2D eigenvalue weighted by Crippen LogP contribution is 2.13. The molecular weight excluding hydrogens is 358 g/mol. The molecule has 0 aliphatic rings. The standard InChI is InChI=1S/C19H41N.2C2H6O.ClH/c1-3-4-5-6-7-8-9-10-11-12-13-14-15-16-17-18-19-20-2;2*1-2-3;/h20H,3-19H2,1-2H3;2*3H,2H2,1H3;1H. The van der Waals surface area contributed by atoms with E-state index in [0.717, 1.165) is 0 Å². The maximum absolute atomic E-state index is 7.57. The van der Waals surface area contributed by atoms with E-state index in [1.54, 1.807) is 13.8 Å². The first-order chi connectivity index (χ1) is 12.7. The Morgan fingerprint density at radius 3 is 0.926 bits per heavy atom. The molecule has 0 aromatic rings. The van der Waals surface area contributed by atoms with E-state index in [9.17, 15) is 0 Å². The molecule has 4 heteroatoms. The summed E-state index contributed by atoms with van der Waals surface area (Å²) in [5, 5.41) is 17.4. The SMILES string of the molecule is CCCCCCCCCCCCCCCCCC[NH2+]C.CCO.CCO.[Cl-]. The molecule has 0 aliphatic carbocycles. The molecule has 0 saturated carbocycles. The van der Waals surface area contributed by atoms with Gasteiger partial charge in [-0.3, -0.25) is 0 Å². The Bertz CT molecular complexity index is 175. The first-order valence-electron chi connectivity index (χ1n) is 11.7. The van der Waals surface area contributed by atoms with Crippen molar-refractivity contribution in [3.8, 4) is 0 Å². The smallest absolute Gasteiger partial charge is 0.0753 e. The van der Waals surface area contributed by atoms with Crippen LogP contribution in [0.4, 0.5) is 0 Å². The summed E-state index contributed by atoms with van der Waals surface area (Å²) in [5.41, 5.74) is 0. The Hall–Kier alpha value is 0.170. The van der Waals surface area contributed by atoms with Crippen molar-refractivity contribution in [3.63, 3.8) is 0 Å². The summed E-state index contributed by atoms with van der Waals surface area (Å²) in [7, 11) is 2.17. The molecule has 3 nitrogen and oxygen atoms in total. The normalized spacial score (nSPS) is 9.56.